The van der Waals surface area contributed by atoms with E-state index in [2.05, 4.69) is 5.32 Å². The van der Waals surface area contributed by atoms with Gasteiger partial charge in [-0.15, -0.1) is 0 Å². The first-order chi connectivity index (χ1) is 7.19. The number of rotatable bonds is 4. The first-order valence-corrected chi connectivity index (χ1v) is 4.36. The number of ketones is 1. The Labute approximate surface area is 87.5 Å². The summed E-state index contributed by atoms with van der Waals surface area (Å²) in [6.45, 7) is 1.57. The molecule has 1 amide bonds. The largest absolute Gasteiger partial charge is 0.338 e. The van der Waals surface area contributed by atoms with Crippen LogP contribution in [0, 0.1) is 11.3 Å². The molecule has 1 aromatic rings. The quantitative estimate of drug-likeness (QED) is 0.578. The first-order valence-electron chi connectivity index (χ1n) is 4.36. The summed E-state index contributed by atoms with van der Waals surface area (Å²) in [6.07, 6.45) is 1.47. The molecule has 1 radical (unpaired) electrons. The number of benzene rings is 1. The minimum Gasteiger partial charge on any atom is -0.338 e. The van der Waals surface area contributed by atoms with Gasteiger partial charge in [0.05, 0.1) is 17.7 Å². The molecule has 1 aromatic carbocycles. The Morgan fingerprint density at radius 2 is 2.00 bits per heavy atom. The maximum atomic E-state index is 11.6. The van der Waals surface area contributed by atoms with Crippen molar-refractivity contribution in [1.29, 1.82) is 5.26 Å². The highest BCUT2D eigenvalue weighted by Gasteiger charge is 2.13. The van der Waals surface area contributed by atoms with Gasteiger partial charge in [0, 0.05) is 5.56 Å². The molecule has 0 aliphatic heterocycles. The number of amides is 1. The molecule has 0 aliphatic carbocycles. The van der Waals surface area contributed by atoms with Crippen LogP contribution in [-0.4, -0.2) is 18.2 Å². The molecule has 1 atom stereocenters. The normalized spacial score (nSPS) is 11.2. The number of Topliss-reactive ketones (excluding diaryl/α,β-unsaturated/α-hetero) is 1. The van der Waals surface area contributed by atoms with Crippen LogP contribution in [0.2, 0.25) is 0 Å². The smallest absolute Gasteiger partial charge is 0.309 e. The fourth-order valence-corrected chi connectivity index (χ4v) is 1.11. The van der Waals surface area contributed by atoms with E-state index in [1.54, 1.807) is 31.2 Å². The SMILES string of the molecule is CC(N[C]=O)C(=O)c1ccc(C#N)cc1. The molecule has 0 heterocycles. The van der Waals surface area contributed by atoms with Crippen LogP contribution in [0.3, 0.4) is 0 Å². The lowest BCUT2D eigenvalue weighted by Gasteiger charge is -2.07. The van der Waals surface area contributed by atoms with Gasteiger partial charge < -0.3 is 5.32 Å². The van der Waals surface area contributed by atoms with E-state index >= 15 is 0 Å². The van der Waals surface area contributed by atoms with Gasteiger partial charge in [0.2, 0.25) is 0 Å². The summed E-state index contributed by atoms with van der Waals surface area (Å²) in [6, 6.07) is 7.60. The molecule has 1 rings (SSSR count). The van der Waals surface area contributed by atoms with Crippen LogP contribution in [0.15, 0.2) is 24.3 Å². The zero-order valence-electron chi connectivity index (χ0n) is 8.15. The van der Waals surface area contributed by atoms with Gasteiger partial charge in [-0.1, -0.05) is 12.1 Å². The lowest BCUT2D eigenvalue weighted by atomic mass is 10.0. The van der Waals surface area contributed by atoms with Crippen molar-refractivity contribution in [3.05, 3.63) is 35.4 Å². The zero-order chi connectivity index (χ0) is 11.3. The predicted molar refractivity (Wildman–Crippen MR) is 53.8 cm³/mol. The monoisotopic (exact) mass is 201 g/mol. The van der Waals surface area contributed by atoms with Gasteiger partial charge in [-0.2, -0.15) is 5.26 Å². The Morgan fingerprint density at radius 3 is 2.47 bits per heavy atom. The fourth-order valence-electron chi connectivity index (χ4n) is 1.11. The average Bonchev–Trinajstić information content (AvgIpc) is 2.28. The molecule has 0 aliphatic rings. The Bertz CT molecular complexity index is 404. The molecular formula is C11H9N2O2. The molecule has 4 heteroatoms. The zero-order valence-corrected chi connectivity index (χ0v) is 8.15. The highest BCUT2D eigenvalue weighted by Crippen LogP contribution is 2.06. The molecule has 1 unspecified atom stereocenters. The van der Waals surface area contributed by atoms with Crippen LogP contribution >= 0.6 is 0 Å². The van der Waals surface area contributed by atoms with Crippen LogP contribution in [-0.2, 0) is 4.79 Å². The topological polar surface area (TPSA) is 70.0 Å². The van der Waals surface area contributed by atoms with Crippen molar-refractivity contribution < 1.29 is 9.59 Å². The van der Waals surface area contributed by atoms with Crippen LogP contribution in [0.1, 0.15) is 22.8 Å². The van der Waals surface area contributed by atoms with E-state index in [4.69, 9.17) is 5.26 Å². The fraction of sp³-hybridized carbons (Fsp3) is 0.182. The number of nitrogens with zero attached hydrogens (tertiary/aromatic N) is 1. The van der Waals surface area contributed by atoms with E-state index < -0.39 is 6.04 Å². The molecule has 75 valence electrons. The number of nitrogens with one attached hydrogen (secondary N) is 1. The van der Waals surface area contributed by atoms with Crippen molar-refractivity contribution in [2.45, 2.75) is 13.0 Å². The minimum absolute atomic E-state index is 0.206. The summed E-state index contributed by atoms with van der Waals surface area (Å²) in [5, 5.41) is 10.8. The van der Waals surface area contributed by atoms with Gasteiger partial charge >= 0.3 is 6.41 Å². The molecular weight excluding hydrogens is 192 g/mol. The van der Waals surface area contributed by atoms with Gasteiger partial charge in [-0.3, -0.25) is 9.59 Å². The van der Waals surface area contributed by atoms with Crippen molar-refractivity contribution in [1.82, 2.24) is 5.32 Å². The van der Waals surface area contributed by atoms with Crippen molar-refractivity contribution in [3.63, 3.8) is 0 Å². The summed E-state index contributed by atoms with van der Waals surface area (Å²) in [4.78, 5) is 21.6. The van der Waals surface area contributed by atoms with Crippen molar-refractivity contribution in [2.24, 2.45) is 0 Å². The maximum Gasteiger partial charge on any atom is 0.309 e. The van der Waals surface area contributed by atoms with E-state index in [9.17, 15) is 9.59 Å². The van der Waals surface area contributed by atoms with Crippen LogP contribution in [0.25, 0.3) is 0 Å². The lowest BCUT2D eigenvalue weighted by Crippen LogP contribution is -2.32. The first kappa shape index (κ1) is 10.9. The molecule has 0 bridgehead atoms. The number of carbonyl (C=O) groups excluding carboxylic acids is 2. The van der Waals surface area contributed by atoms with Crippen molar-refractivity contribution in [3.8, 4) is 6.07 Å². The highest BCUT2D eigenvalue weighted by molar-refractivity contribution is 6.00. The Hall–Kier alpha value is -2.15. The molecule has 0 spiro atoms. The van der Waals surface area contributed by atoms with Gasteiger partial charge in [0.25, 0.3) is 0 Å². The Morgan fingerprint density at radius 1 is 1.40 bits per heavy atom. The van der Waals surface area contributed by atoms with E-state index in [1.165, 1.54) is 6.41 Å². The van der Waals surface area contributed by atoms with Crippen molar-refractivity contribution >= 4 is 12.2 Å². The lowest BCUT2D eigenvalue weighted by molar-refractivity contribution is 0.0959. The van der Waals surface area contributed by atoms with Gasteiger partial charge in [0.1, 0.15) is 0 Å². The van der Waals surface area contributed by atoms with E-state index in [0.717, 1.165) is 0 Å². The van der Waals surface area contributed by atoms with Crippen LogP contribution < -0.4 is 5.32 Å². The molecule has 0 saturated carbocycles. The summed E-state index contributed by atoms with van der Waals surface area (Å²) in [7, 11) is 0. The van der Waals surface area contributed by atoms with Crippen LogP contribution in [0.4, 0.5) is 0 Å². The third-order valence-corrected chi connectivity index (χ3v) is 1.97. The molecule has 0 aromatic heterocycles. The van der Waals surface area contributed by atoms with E-state index in [-0.39, 0.29) is 5.78 Å². The Kier molecular flexibility index (Phi) is 3.58. The summed E-state index contributed by atoms with van der Waals surface area (Å²) in [5.41, 5.74) is 0.957. The predicted octanol–water partition coefficient (Wildman–Crippen LogP) is 0.786. The number of hydrogen-bond acceptors (Lipinski definition) is 3. The Balaban J connectivity index is 2.83. The highest BCUT2D eigenvalue weighted by atomic mass is 16.1. The number of nitriles is 1. The molecule has 15 heavy (non-hydrogen) atoms. The minimum atomic E-state index is -0.601. The third-order valence-electron chi connectivity index (χ3n) is 1.97. The molecule has 0 fully saturated rings. The summed E-state index contributed by atoms with van der Waals surface area (Å²) < 4.78 is 0. The third kappa shape index (κ3) is 2.64. The van der Waals surface area contributed by atoms with Gasteiger partial charge in [0.15, 0.2) is 5.78 Å². The summed E-state index contributed by atoms with van der Waals surface area (Å²) >= 11 is 0. The number of carbonyl (C=O) groups is 1. The van der Waals surface area contributed by atoms with Gasteiger partial charge in [-0.25, -0.2) is 0 Å². The van der Waals surface area contributed by atoms with E-state index in [1.807, 2.05) is 6.07 Å². The van der Waals surface area contributed by atoms with E-state index in [0.29, 0.717) is 11.1 Å². The number of hydrogen-bond donors (Lipinski definition) is 1. The van der Waals surface area contributed by atoms with Crippen molar-refractivity contribution in [2.75, 3.05) is 0 Å². The molecule has 1 N–H and O–H groups in total. The second-order valence-electron chi connectivity index (χ2n) is 3.02. The molecule has 0 saturated heterocycles. The second-order valence-corrected chi connectivity index (χ2v) is 3.02. The van der Waals surface area contributed by atoms with Crippen LogP contribution in [0.5, 0.6) is 0 Å². The molecule has 4 nitrogen and oxygen atoms in total. The average molecular weight is 201 g/mol. The van der Waals surface area contributed by atoms with Gasteiger partial charge in [-0.05, 0) is 19.1 Å². The second kappa shape index (κ2) is 4.91. The maximum absolute atomic E-state index is 11.6. The summed E-state index contributed by atoms with van der Waals surface area (Å²) in [5.74, 6) is -0.206. The standard InChI is InChI=1S/C11H9N2O2/c1-8(13-7-14)11(15)10-4-2-9(6-12)3-5-10/h2-5,8H,1H3,(H,13,14).